The van der Waals surface area contributed by atoms with Gasteiger partial charge in [-0.05, 0) is 36.6 Å². The van der Waals surface area contributed by atoms with Gasteiger partial charge in [0.05, 0.1) is 10.9 Å². The number of ether oxygens (including phenoxy) is 1. The molecule has 0 spiro atoms. The third kappa shape index (κ3) is 5.63. The summed E-state index contributed by atoms with van der Waals surface area (Å²) >= 11 is 2.01. The van der Waals surface area contributed by atoms with Crippen LogP contribution in [0.5, 0.6) is 11.5 Å². The molecular weight excluding hydrogens is 524 g/mol. The number of thioether (sulfide) groups is 1. The van der Waals surface area contributed by atoms with Gasteiger partial charge in [0.25, 0.3) is 17.0 Å². The molecule has 0 saturated carbocycles. The number of carbonyl (C=O) groups is 2. The van der Waals surface area contributed by atoms with Gasteiger partial charge in [0.2, 0.25) is 0 Å². The Bertz CT molecular complexity index is 1470. The monoisotopic (exact) mass is 543 g/mol. The highest BCUT2D eigenvalue weighted by molar-refractivity contribution is 7.98. The zero-order valence-corrected chi connectivity index (χ0v) is 20.8. The van der Waals surface area contributed by atoms with Crippen LogP contribution in [0, 0.1) is 10.9 Å². The lowest BCUT2D eigenvalue weighted by Crippen LogP contribution is -2.57. The van der Waals surface area contributed by atoms with Crippen LogP contribution < -0.4 is 20.7 Å². The van der Waals surface area contributed by atoms with E-state index in [0.29, 0.717) is 18.0 Å². The molecule has 0 unspecified atom stereocenters. The Hall–Kier alpha value is -3.81. The standard InChI is InChI=1S/C24H19F2N5O4S2/c1-36-24-31-20(21(35-24)18-4-5-19(26)37-18)23(33)29-12-2-3-17(15(25)8-12)34-14-6-7-28-16(9-14)22(32)30-13-10-27-11-13/h2-9,13,27H,10-11H2,1H3,(H,29,33)(H,30,32). The van der Waals surface area contributed by atoms with E-state index in [2.05, 4.69) is 25.9 Å². The number of hydrogen-bond acceptors (Lipinski definition) is 9. The molecule has 2 amide bonds. The highest BCUT2D eigenvalue weighted by Crippen LogP contribution is 2.34. The summed E-state index contributed by atoms with van der Waals surface area (Å²) in [5.74, 6) is -1.50. The van der Waals surface area contributed by atoms with Crippen molar-refractivity contribution in [2.75, 3.05) is 24.7 Å². The number of rotatable bonds is 8. The van der Waals surface area contributed by atoms with Crippen LogP contribution in [-0.2, 0) is 0 Å². The number of benzene rings is 1. The minimum absolute atomic E-state index is 0.0474. The lowest BCUT2D eigenvalue weighted by Gasteiger charge is -2.27. The molecular formula is C24H19F2N5O4S2. The Kier molecular flexibility index (Phi) is 7.17. The summed E-state index contributed by atoms with van der Waals surface area (Å²) in [6, 6.07) is 9.61. The third-order valence-corrected chi connectivity index (χ3v) is 6.69. The molecule has 37 heavy (non-hydrogen) atoms. The van der Waals surface area contributed by atoms with Gasteiger partial charge < -0.3 is 25.1 Å². The van der Waals surface area contributed by atoms with Crippen molar-refractivity contribution >= 4 is 40.6 Å². The quantitative estimate of drug-likeness (QED) is 0.277. The van der Waals surface area contributed by atoms with Gasteiger partial charge in [-0.1, -0.05) is 11.8 Å². The van der Waals surface area contributed by atoms with E-state index in [1.54, 1.807) is 6.26 Å². The van der Waals surface area contributed by atoms with Gasteiger partial charge in [-0.3, -0.25) is 14.6 Å². The smallest absolute Gasteiger partial charge is 0.278 e. The lowest BCUT2D eigenvalue weighted by atomic mass is 10.2. The van der Waals surface area contributed by atoms with Crippen LogP contribution in [0.2, 0.25) is 0 Å². The predicted molar refractivity (Wildman–Crippen MR) is 134 cm³/mol. The largest absolute Gasteiger partial charge is 0.454 e. The molecule has 4 heterocycles. The normalized spacial score (nSPS) is 13.2. The molecule has 0 aliphatic carbocycles. The van der Waals surface area contributed by atoms with Crippen molar-refractivity contribution in [3.63, 3.8) is 0 Å². The number of nitrogens with zero attached hydrogens (tertiary/aromatic N) is 2. The van der Waals surface area contributed by atoms with Crippen LogP contribution in [-0.4, -0.2) is 47.2 Å². The predicted octanol–water partition coefficient (Wildman–Crippen LogP) is 4.54. The number of oxazole rings is 1. The Balaban J connectivity index is 1.29. The van der Waals surface area contributed by atoms with Gasteiger partial charge in [0.1, 0.15) is 11.4 Å². The van der Waals surface area contributed by atoms with E-state index in [1.165, 1.54) is 54.4 Å². The minimum atomic E-state index is -0.744. The van der Waals surface area contributed by atoms with Crippen molar-refractivity contribution in [2.45, 2.75) is 11.3 Å². The molecule has 9 nitrogen and oxygen atoms in total. The number of carbonyl (C=O) groups excluding carboxylic acids is 2. The van der Waals surface area contributed by atoms with Gasteiger partial charge in [0.15, 0.2) is 28.2 Å². The molecule has 1 aliphatic heterocycles. The summed E-state index contributed by atoms with van der Waals surface area (Å²) in [4.78, 5) is 33.8. The van der Waals surface area contributed by atoms with Crippen molar-refractivity contribution in [1.29, 1.82) is 0 Å². The average molecular weight is 544 g/mol. The highest BCUT2D eigenvalue weighted by Gasteiger charge is 2.24. The second kappa shape index (κ2) is 10.7. The first-order valence-electron chi connectivity index (χ1n) is 11.0. The van der Waals surface area contributed by atoms with Gasteiger partial charge >= 0.3 is 0 Å². The molecule has 3 aromatic heterocycles. The Morgan fingerprint density at radius 1 is 1.16 bits per heavy atom. The molecule has 190 valence electrons. The second-order valence-corrected chi connectivity index (χ2v) is 9.66. The SMILES string of the molecule is CSc1nc(C(=O)Nc2ccc(Oc3ccnc(C(=O)NC4CNC4)c3)c(F)c2)c(-c2ccc(F)s2)o1. The molecule has 0 radical (unpaired) electrons. The molecule has 1 aromatic carbocycles. The number of amides is 2. The molecule has 13 heteroatoms. The van der Waals surface area contributed by atoms with Crippen LogP contribution in [0.25, 0.3) is 10.6 Å². The molecule has 1 fully saturated rings. The van der Waals surface area contributed by atoms with Crippen molar-refractivity contribution in [3.8, 4) is 22.1 Å². The van der Waals surface area contributed by atoms with Crippen LogP contribution in [0.15, 0.2) is 58.3 Å². The minimum Gasteiger partial charge on any atom is -0.454 e. The zero-order valence-electron chi connectivity index (χ0n) is 19.2. The summed E-state index contributed by atoms with van der Waals surface area (Å²) < 4.78 is 39.5. The van der Waals surface area contributed by atoms with E-state index in [-0.39, 0.29) is 51.5 Å². The van der Waals surface area contributed by atoms with Crippen molar-refractivity contribution in [2.24, 2.45) is 0 Å². The maximum atomic E-state index is 14.8. The number of halogens is 2. The maximum absolute atomic E-state index is 14.8. The average Bonchev–Trinajstić information content (AvgIpc) is 3.49. The van der Waals surface area contributed by atoms with Gasteiger partial charge in [0, 0.05) is 37.1 Å². The second-order valence-electron chi connectivity index (χ2n) is 7.87. The number of pyridine rings is 1. The summed E-state index contributed by atoms with van der Waals surface area (Å²) in [6.07, 6.45) is 3.12. The van der Waals surface area contributed by atoms with Crippen LogP contribution in [0.1, 0.15) is 21.0 Å². The number of hydrogen-bond donors (Lipinski definition) is 3. The van der Waals surface area contributed by atoms with Gasteiger partial charge in [-0.25, -0.2) is 4.39 Å². The molecule has 1 saturated heterocycles. The number of nitrogens with one attached hydrogen (secondary N) is 3. The lowest BCUT2D eigenvalue weighted by molar-refractivity contribution is 0.0918. The maximum Gasteiger partial charge on any atom is 0.278 e. The van der Waals surface area contributed by atoms with Gasteiger partial charge in [-0.15, -0.1) is 11.3 Å². The Labute approximate surface area is 217 Å². The van der Waals surface area contributed by atoms with E-state index < -0.39 is 16.9 Å². The summed E-state index contributed by atoms with van der Waals surface area (Å²) in [5, 5.41) is 8.27. The highest BCUT2D eigenvalue weighted by atomic mass is 32.2. The van der Waals surface area contributed by atoms with E-state index >= 15 is 0 Å². The van der Waals surface area contributed by atoms with E-state index in [4.69, 9.17) is 9.15 Å². The summed E-state index contributed by atoms with van der Waals surface area (Å²) in [5.41, 5.74) is 0.246. The molecule has 0 atom stereocenters. The molecule has 1 aliphatic rings. The molecule has 5 rings (SSSR count). The van der Waals surface area contributed by atoms with E-state index in [1.807, 2.05) is 0 Å². The third-order valence-electron chi connectivity index (χ3n) is 5.29. The topological polar surface area (TPSA) is 118 Å². The molecule has 4 aromatic rings. The fourth-order valence-electron chi connectivity index (χ4n) is 3.37. The number of anilines is 1. The zero-order chi connectivity index (χ0) is 25.9. The molecule has 3 N–H and O–H groups in total. The van der Waals surface area contributed by atoms with E-state index in [0.717, 1.165) is 17.4 Å². The van der Waals surface area contributed by atoms with Crippen LogP contribution >= 0.6 is 23.1 Å². The van der Waals surface area contributed by atoms with E-state index in [9.17, 15) is 18.4 Å². The fraction of sp³-hybridized carbons (Fsp3) is 0.167. The van der Waals surface area contributed by atoms with Gasteiger partial charge in [-0.2, -0.15) is 9.37 Å². The van der Waals surface area contributed by atoms with Crippen LogP contribution in [0.4, 0.5) is 14.5 Å². The first-order chi connectivity index (χ1) is 17.9. The Morgan fingerprint density at radius 2 is 2.00 bits per heavy atom. The van der Waals surface area contributed by atoms with Crippen molar-refractivity contribution in [1.82, 2.24) is 20.6 Å². The fourth-order valence-corrected chi connectivity index (χ4v) is 4.44. The number of thiophene rings is 1. The van der Waals surface area contributed by atoms with Crippen molar-refractivity contribution < 1.29 is 27.5 Å². The van der Waals surface area contributed by atoms with Crippen molar-refractivity contribution in [3.05, 3.63) is 71.0 Å². The summed E-state index contributed by atoms with van der Waals surface area (Å²) in [6.45, 7) is 1.39. The first-order valence-corrected chi connectivity index (χ1v) is 13.0. The molecule has 0 bridgehead atoms. The first kappa shape index (κ1) is 24.9. The Morgan fingerprint density at radius 3 is 2.68 bits per heavy atom. The van der Waals surface area contributed by atoms with Crippen LogP contribution in [0.3, 0.4) is 0 Å². The number of aromatic nitrogens is 2. The summed E-state index contributed by atoms with van der Waals surface area (Å²) in [7, 11) is 0.